The Balaban J connectivity index is 2.59. The second-order valence-electron chi connectivity index (χ2n) is 3.08. The molecule has 0 fully saturated rings. The van der Waals surface area contributed by atoms with Crippen LogP contribution in [0.3, 0.4) is 0 Å². The minimum Gasteiger partial charge on any atom is -0.445 e. The molecule has 0 amide bonds. The van der Waals surface area contributed by atoms with Crippen molar-refractivity contribution >= 4 is 21.4 Å². The molecule has 80 valence electrons. The molecule has 14 heavy (non-hydrogen) atoms. The average molecular weight is 238 g/mol. The number of rotatable bonds is 5. The molecular weight excluding hydrogens is 226 g/mol. The zero-order chi connectivity index (χ0) is 10.6. The van der Waals surface area contributed by atoms with Gasteiger partial charge in [0.2, 0.25) is 0 Å². The molecule has 6 heteroatoms. The van der Waals surface area contributed by atoms with Gasteiger partial charge in [0.25, 0.3) is 0 Å². The summed E-state index contributed by atoms with van der Waals surface area (Å²) in [6, 6.07) is 0. The van der Waals surface area contributed by atoms with Gasteiger partial charge in [-0.15, -0.1) is 11.6 Å². The fraction of sp³-hybridized carbons (Fsp3) is 0.625. The van der Waals surface area contributed by atoms with Gasteiger partial charge in [0.05, 0.1) is 6.20 Å². The van der Waals surface area contributed by atoms with Crippen molar-refractivity contribution in [3.05, 3.63) is 17.8 Å². The number of alkyl halides is 1. The van der Waals surface area contributed by atoms with Crippen molar-refractivity contribution in [1.29, 1.82) is 0 Å². The summed E-state index contributed by atoms with van der Waals surface area (Å²) < 4.78 is 27.0. The lowest BCUT2D eigenvalue weighted by Crippen LogP contribution is -1.99. The van der Waals surface area contributed by atoms with Crippen molar-refractivity contribution < 1.29 is 12.8 Å². The molecule has 0 spiro atoms. The second kappa shape index (κ2) is 4.79. The molecule has 1 rings (SSSR count). The molecule has 4 nitrogen and oxygen atoms in total. The van der Waals surface area contributed by atoms with E-state index in [-0.39, 0.29) is 5.75 Å². The maximum Gasteiger partial charge on any atom is 0.194 e. The van der Waals surface area contributed by atoms with E-state index < -0.39 is 9.84 Å². The van der Waals surface area contributed by atoms with Crippen LogP contribution >= 0.6 is 11.6 Å². The molecule has 0 aliphatic heterocycles. The summed E-state index contributed by atoms with van der Waals surface area (Å²) in [6.07, 6.45) is 4.03. The minimum atomic E-state index is -3.04. The molecule has 0 saturated heterocycles. The van der Waals surface area contributed by atoms with Crippen LogP contribution in [-0.4, -0.2) is 25.5 Å². The second-order valence-corrected chi connectivity index (χ2v) is 5.60. The molecule has 0 aliphatic rings. The minimum absolute atomic E-state index is 0.0964. The lowest BCUT2D eigenvalue weighted by atomic mass is 10.3. The molecule has 1 aromatic rings. The topological polar surface area (TPSA) is 60.2 Å². The van der Waals surface area contributed by atoms with E-state index in [1.165, 1.54) is 6.20 Å². The number of sulfone groups is 1. The Hall–Kier alpha value is -0.550. The van der Waals surface area contributed by atoms with Crippen molar-refractivity contribution in [1.82, 2.24) is 4.98 Å². The lowest BCUT2D eigenvalue weighted by molar-refractivity contribution is 0.463. The van der Waals surface area contributed by atoms with E-state index in [0.29, 0.717) is 24.0 Å². The van der Waals surface area contributed by atoms with Gasteiger partial charge in [-0.05, 0) is 6.42 Å². The Morgan fingerprint density at radius 1 is 1.57 bits per heavy atom. The highest BCUT2D eigenvalue weighted by atomic mass is 35.5. The van der Waals surface area contributed by atoms with Crippen LogP contribution in [0.4, 0.5) is 0 Å². The summed E-state index contributed by atoms with van der Waals surface area (Å²) in [5, 5.41) is 0. The van der Waals surface area contributed by atoms with E-state index in [0.717, 1.165) is 12.7 Å². The van der Waals surface area contributed by atoms with E-state index in [4.69, 9.17) is 16.0 Å². The summed E-state index contributed by atoms with van der Waals surface area (Å²) in [6.45, 7) is 0. The van der Waals surface area contributed by atoms with Crippen molar-refractivity contribution in [2.75, 3.05) is 12.1 Å². The first-order valence-corrected chi connectivity index (χ1v) is 6.78. The number of aromatic nitrogens is 1. The summed E-state index contributed by atoms with van der Waals surface area (Å²) in [5.41, 5.74) is 0. The highest BCUT2D eigenvalue weighted by molar-refractivity contribution is 7.89. The monoisotopic (exact) mass is 237 g/mol. The fourth-order valence-corrected chi connectivity index (χ4v) is 1.79. The van der Waals surface area contributed by atoms with Gasteiger partial charge in [0.1, 0.15) is 11.5 Å². The van der Waals surface area contributed by atoms with Gasteiger partial charge in [0.15, 0.2) is 15.7 Å². The molecule has 1 heterocycles. The van der Waals surface area contributed by atoms with E-state index in [1.807, 2.05) is 0 Å². The molecule has 1 aromatic heterocycles. The first-order valence-electron chi connectivity index (χ1n) is 4.18. The van der Waals surface area contributed by atoms with E-state index >= 15 is 0 Å². The number of aryl methyl sites for hydroxylation is 1. The SMILES string of the molecule is CS(=O)(=O)Cc1cnc(CCCCl)o1. The number of nitrogens with zero attached hydrogens (tertiary/aromatic N) is 1. The Labute approximate surface area is 88.2 Å². The van der Waals surface area contributed by atoms with Crippen LogP contribution in [0.15, 0.2) is 10.6 Å². The predicted molar refractivity (Wildman–Crippen MR) is 54.1 cm³/mol. The third-order valence-electron chi connectivity index (χ3n) is 1.53. The molecule has 0 aliphatic carbocycles. The van der Waals surface area contributed by atoms with E-state index in [1.54, 1.807) is 0 Å². The van der Waals surface area contributed by atoms with Crippen LogP contribution < -0.4 is 0 Å². The highest BCUT2D eigenvalue weighted by Crippen LogP contribution is 2.09. The zero-order valence-electron chi connectivity index (χ0n) is 7.86. The van der Waals surface area contributed by atoms with Gasteiger partial charge < -0.3 is 4.42 Å². The van der Waals surface area contributed by atoms with Crippen molar-refractivity contribution in [2.24, 2.45) is 0 Å². The molecule has 0 N–H and O–H groups in total. The number of hydrogen-bond donors (Lipinski definition) is 0. The summed E-state index contributed by atoms with van der Waals surface area (Å²) in [5.74, 6) is 1.38. The molecule has 0 aromatic carbocycles. The number of halogens is 1. The zero-order valence-corrected chi connectivity index (χ0v) is 9.44. The van der Waals surface area contributed by atoms with Crippen LogP contribution in [0.5, 0.6) is 0 Å². The first kappa shape index (κ1) is 11.5. The van der Waals surface area contributed by atoms with Gasteiger partial charge in [-0.1, -0.05) is 0 Å². The molecule has 0 radical (unpaired) electrons. The first-order chi connectivity index (χ1) is 6.51. The van der Waals surface area contributed by atoms with E-state index in [9.17, 15) is 8.42 Å². The molecule has 0 unspecified atom stereocenters. The van der Waals surface area contributed by atoms with Crippen molar-refractivity contribution in [3.63, 3.8) is 0 Å². The standard InChI is InChI=1S/C8H12ClNO3S/c1-14(11,12)6-7-5-10-8(13-7)3-2-4-9/h5H,2-4,6H2,1H3. The maximum atomic E-state index is 10.9. The largest absolute Gasteiger partial charge is 0.445 e. The fourth-order valence-electron chi connectivity index (χ4n) is 1.01. The Morgan fingerprint density at radius 2 is 2.29 bits per heavy atom. The van der Waals surface area contributed by atoms with Crippen LogP contribution in [0.1, 0.15) is 18.1 Å². The Morgan fingerprint density at radius 3 is 2.86 bits per heavy atom. The van der Waals surface area contributed by atoms with Crippen molar-refractivity contribution in [2.45, 2.75) is 18.6 Å². The molecular formula is C8H12ClNO3S. The summed E-state index contributed by atoms with van der Waals surface area (Å²) in [7, 11) is -3.04. The predicted octanol–water partition coefficient (Wildman–Crippen LogP) is 1.39. The van der Waals surface area contributed by atoms with Crippen LogP contribution in [0.2, 0.25) is 0 Å². The number of hydrogen-bond acceptors (Lipinski definition) is 4. The van der Waals surface area contributed by atoms with Gasteiger partial charge in [-0.2, -0.15) is 0 Å². The Bertz CT molecular complexity index is 385. The molecule has 0 saturated carbocycles. The highest BCUT2D eigenvalue weighted by Gasteiger charge is 2.09. The summed E-state index contributed by atoms with van der Waals surface area (Å²) in [4.78, 5) is 3.95. The molecule has 0 atom stereocenters. The third-order valence-corrected chi connectivity index (χ3v) is 2.61. The quantitative estimate of drug-likeness (QED) is 0.727. The summed E-state index contributed by atoms with van der Waals surface area (Å²) >= 11 is 5.50. The Kier molecular flexibility index (Phi) is 3.95. The maximum absolute atomic E-state index is 10.9. The van der Waals surface area contributed by atoms with E-state index in [2.05, 4.69) is 4.98 Å². The number of oxazole rings is 1. The van der Waals surface area contributed by atoms with Gasteiger partial charge in [-0.3, -0.25) is 0 Å². The van der Waals surface area contributed by atoms with Gasteiger partial charge >= 0.3 is 0 Å². The normalized spacial score (nSPS) is 11.9. The van der Waals surface area contributed by atoms with Crippen molar-refractivity contribution in [3.8, 4) is 0 Å². The van der Waals surface area contributed by atoms with Crippen LogP contribution in [-0.2, 0) is 22.0 Å². The third kappa shape index (κ3) is 4.11. The van der Waals surface area contributed by atoms with Gasteiger partial charge in [0, 0.05) is 18.6 Å². The van der Waals surface area contributed by atoms with Crippen LogP contribution in [0, 0.1) is 0 Å². The smallest absolute Gasteiger partial charge is 0.194 e. The molecule has 0 bridgehead atoms. The average Bonchev–Trinajstić information content (AvgIpc) is 2.46. The van der Waals surface area contributed by atoms with Crippen LogP contribution in [0.25, 0.3) is 0 Å². The van der Waals surface area contributed by atoms with Gasteiger partial charge in [-0.25, -0.2) is 13.4 Å². The lowest BCUT2D eigenvalue weighted by Gasteiger charge is -1.93.